The zero-order valence-electron chi connectivity index (χ0n) is 18.1. The van der Waals surface area contributed by atoms with Gasteiger partial charge in [0.05, 0.1) is 6.61 Å². The lowest BCUT2D eigenvalue weighted by Gasteiger charge is -2.10. The number of fused-ring (bicyclic) bond motifs is 1. The Balaban J connectivity index is 1.42. The van der Waals surface area contributed by atoms with Gasteiger partial charge in [-0.05, 0) is 104 Å². The van der Waals surface area contributed by atoms with Gasteiger partial charge in [0.25, 0.3) is 0 Å². The van der Waals surface area contributed by atoms with Crippen molar-refractivity contribution in [3.8, 4) is 27.7 Å². The number of phenolic OH excluding ortho intramolecular Hbond substituents is 2. The summed E-state index contributed by atoms with van der Waals surface area (Å²) in [7, 11) is 0. The van der Waals surface area contributed by atoms with Gasteiger partial charge in [-0.25, -0.2) is 0 Å². The van der Waals surface area contributed by atoms with Crippen LogP contribution in [0.15, 0.2) is 66.7 Å². The molecular weight excluding hydrogens is 434 g/mol. The van der Waals surface area contributed by atoms with Crippen LogP contribution in [0.1, 0.15) is 28.8 Å². The van der Waals surface area contributed by atoms with E-state index >= 15 is 0 Å². The van der Waals surface area contributed by atoms with Crippen LogP contribution in [0.4, 0.5) is 0 Å². The SMILES string of the molecule is O=C(c1ccc(OCCC2CCNC2)cc1)c1c(-c2ccc(O)cc2)sc2cc(O)ccc12. The summed E-state index contributed by atoms with van der Waals surface area (Å²) >= 11 is 1.45. The fraction of sp³-hybridized carbons (Fsp3) is 0.222. The Hall–Kier alpha value is -3.35. The molecule has 1 aliphatic heterocycles. The summed E-state index contributed by atoms with van der Waals surface area (Å²) in [5.74, 6) is 1.69. The first-order chi connectivity index (χ1) is 16.1. The molecule has 0 aliphatic carbocycles. The first-order valence-electron chi connectivity index (χ1n) is 11.1. The maximum atomic E-state index is 13.6. The van der Waals surface area contributed by atoms with Crippen LogP contribution in [0.2, 0.25) is 0 Å². The Bertz CT molecular complexity index is 1270. The van der Waals surface area contributed by atoms with Crippen molar-refractivity contribution >= 4 is 27.2 Å². The molecule has 33 heavy (non-hydrogen) atoms. The second-order valence-electron chi connectivity index (χ2n) is 8.38. The van der Waals surface area contributed by atoms with Crippen molar-refractivity contribution in [2.75, 3.05) is 19.7 Å². The molecule has 4 aromatic rings. The lowest BCUT2D eigenvalue weighted by Crippen LogP contribution is -2.11. The van der Waals surface area contributed by atoms with Gasteiger partial charge in [-0.2, -0.15) is 0 Å². The summed E-state index contributed by atoms with van der Waals surface area (Å²) in [5.41, 5.74) is 2.02. The lowest BCUT2D eigenvalue weighted by atomic mass is 9.97. The predicted molar refractivity (Wildman–Crippen MR) is 132 cm³/mol. The van der Waals surface area contributed by atoms with Crippen molar-refractivity contribution in [2.24, 2.45) is 5.92 Å². The highest BCUT2D eigenvalue weighted by atomic mass is 32.1. The number of carbonyl (C=O) groups excluding carboxylic acids is 1. The van der Waals surface area contributed by atoms with Crippen LogP contribution in [-0.4, -0.2) is 35.7 Å². The molecule has 1 saturated heterocycles. The molecule has 5 nitrogen and oxygen atoms in total. The van der Waals surface area contributed by atoms with Gasteiger partial charge < -0.3 is 20.3 Å². The number of ether oxygens (including phenoxy) is 1. The lowest BCUT2D eigenvalue weighted by molar-refractivity contribution is 0.104. The fourth-order valence-corrected chi connectivity index (χ4v) is 5.52. The zero-order valence-corrected chi connectivity index (χ0v) is 18.9. The zero-order chi connectivity index (χ0) is 22.8. The highest BCUT2D eigenvalue weighted by Gasteiger charge is 2.22. The second kappa shape index (κ2) is 9.25. The molecule has 0 saturated carbocycles. The minimum Gasteiger partial charge on any atom is -0.508 e. The average Bonchev–Trinajstić information content (AvgIpc) is 3.47. The van der Waals surface area contributed by atoms with E-state index in [0.29, 0.717) is 23.7 Å². The summed E-state index contributed by atoms with van der Waals surface area (Å²) in [6.45, 7) is 2.82. The smallest absolute Gasteiger partial charge is 0.195 e. The van der Waals surface area contributed by atoms with E-state index in [4.69, 9.17) is 4.74 Å². The highest BCUT2D eigenvalue weighted by Crippen LogP contribution is 2.41. The van der Waals surface area contributed by atoms with Gasteiger partial charge in [0.15, 0.2) is 5.78 Å². The third-order valence-electron chi connectivity index (χ3n) is 6.10. The van der Waals surface area contributed by atoms with Crippen molar-refractivity contribution < 1.29 is 19.7 Å². The van der Waals surface area contributed by atoms with Gasteiger partial charge in [-0.15, -0.1) is 11.3 Å². The summed E-state index contributed by atoms with van der Waals surface area (Å²) in [4.78, 5) is 14.4. The van der Waals surface area contributed by atoms with Crippen molar-refractivity contribution in [3.05, 3.63) is 77.9 Å². The number of nitrogens with one attached hydrogen (secondary N) is 1. The topological polar surface area (TPSA) is 78.8 Å². The van der Waals surface area contributed by atoms with Gasteiger partial charge in [-0.1, -0.05) is 0 Å². The van der Waals surface area contributed by atoms with E-state index in [0.717, 1.165) is 45.8 Å². The molecule has 3 N–H and O–H groups in total. The molecule has 5 rings (SSSR count). The highest BCUT2D eigenvalue weighted by molar-refractivity contribution is 7.22. The van der Waals surface area contributed by atoms with Crippen molar-refractivity contribution in [3.63, 3.8) is 0 Å². The van der Waals surface area contributed by atoms with Crippen LogP contribution in [-0.2, 0) is 0 Å². The molecule has 1 unspecified atom stereocenters. The first kappa shape index (κ1) is 21.5. The molecule has 1 fully saturated rings. The Kier molecular flexibility index (Phi) is 6.03. The molecule has 3 aromatic carbocycles. The van der Waals surface area contributed by atoms with Crippen LogP contribution in [0, 0.1) is 5.92 Å². The predicted octanol–water partition coefficient (Wildman–Crippen LogP) is 5.59. The monoisotopic (exact) mass is 459 g/mol. The van der Waals surface area contributed by atoms with E-state index in [1.807, 2.05) is 12.1 Å². The number of thiophene rings is 1. The first-order valence-corrected chi connectivity index (χ1v) is 11.9. The van der Waals surface area contributed by atoms with Crippen LogP contribution in [0.25, 0.3) is 20.5 Å². The molecule has 0 bridgehead atoms. The molecule has 1 aliphatic rings. The van der Waals surface area contributed by atoms with Gasteiger partial charge >= 0.3 is 0 Å². The molecule has 1 atom stereocenters. The van der Waals surface area contributed by atoms with E-state index < -0.39 is 0 Å². The van der Waals surface area contributed by atoms with Crippen LogP contribution < -0.4 is 10.1 Å². The fourth-order valence-electron chi connectivity index (χ4n) is 4.28. The molecular formula is C27H25NO4S. The molecule has 0 spiro atoms. The maximum absolute atomic E-state index is 13.6. The number of rotatable bonds is 7. The molecule has 0 amide bonds. The summed E-state index contributed by atoms with van der Waals surface area (Å²) < 4.78 is 6.73. The van der Waals surface area contributed by atoms with E-state index in [2.05, 4.69) is 5.32 Å². The van der Waals surface area contributed by atoms with Gasteiger partial charge in [0.1, 0.15) is 17.2 Å². The van der Waals surface area contributed by atoms with Gasteiger partial charge in [-0.3, -0.25) is 4.79 Å². The standard InChI is InChI=1S/C27H25NO4S/c29-20-5-1-19(2-6-20)27-25(23-10-7-21(30)15-24(23)33-27)26(31)18-3-8-22(9-4-18)32-14-12-17-11-13-28-16-17/h1-10,15,17,28-30H,11-14,16H2. The molecule has 2 heterocycles. The summed E-state index contributed by atoms with van der Waals surface area (Å²) in [6, 6.07) is 19.2. The Morgan fingerprint density at radius 1 is 1.00 bits per heavy atom. The Morgan fingerprint density at radius 3 is 2.48 bits per heavy atom. The largest absolute Gasteiger partial charge is 0.508 e. The number of hydrogen-bond donors (Lipinski definition) is 3. The van der Waals surface area contributed by atoms with E-state index in [-0.39, 0.29) is 17.3 Å². The minimum atomic E-state index is -0.0846. The number of aromatic hydroxyl groups is 2. The quantitative estimate of drug-likeness (QED) is 0.314. The van der Waals surface area contributed by atoms with Crippen LogP contribution >= 0.6 is 11.3 Å². The minimum absolute atomic E-state index is 0.0846. The molecule has 0 radical (unpaired) electrons. The number of hydrogen-bond acceptors (Lipinski definition) is 6. The van der Waals surface area contributed by atoms with Gasteiger partial charge in [0.2, 0.25) is 0 Å². The Morgan fingerprint density at radius 2 is 1.76 bits per heavy atom. The van der Waals surface area contributed by atoms with Crippen molar-refractivity contribution in [2.45, 2.75) is 12.8 Å². The number of ketones is 1. The molecule has 168 valence electrons. The third kappa shape index (κ3) is 4.58. The normalized spacial score (nSPS) is 15.7. The molecule has 6 heteroatoms. The summed E-state index contributed by atoms with van der Waals surface area (Å²) in [5, 5.41) is 23.8. The van der Waals surface area contributed by atoms with Crippen LogP contribution in [0.5, 0.6) is 17.2 Å². The van der Waals surface area contributed by atoms with E-state index in [1.54, 1.807) is 54.6 Å². The van der Waals surface area contributed by atoms with Crippen LogP contribution in [0.3, 0.4) is 0 Å². The third-order valence-corrected chi connectivity index (χ3v) is 7.31. The average molecular weight is 460 g/mol. The second-order valence-corrected chi connectivity index (χ2v) is 9.44. The number of benzene rings is 3. The van der Waals surface area contributed by atoms with E-state index in [1.165, 1.54) is 17.8 Å². The van der Waals surface area contributed by atoms with Crippen molar-refractivity contribution in [1.82, 2.24) is 5.32 Å². The van der Waals surface area contributed by atoms with Gasteiger partial charge in [0, 0.05) is 26.1 Å². The summed E-state index contributed by atoms with van der Waals surface area (Å²) in [6.07, 6.45) is 2.23. The maximum Gasteiger partial charge on any atom is 0.195 e. The van der Waals surface area contributed by atoms with Crippen molar-refractivity contribution in [1.29, 1.82) is 0 Å². The number of phenols is 2. The number of carbonyl (C=O) groups is 1. The molecule has 1 aromatic heterocycles. The Labute approximate surface area is 196 Å². The van der Waals surface area contributed by atoms with E-state index in [9.17, 15) is 15.0 Å².